The highest BCUT2D eigenvalue weighted by molar-refractivity contribution is 9.10. The summed E-state index contributed by atoms with van der Waals surface area (Å²) < 4.78 is 1.02. The lowest BCUT2D eigenvalue weighted by atomic mass is 9.77. The molecule has 1 heterocycles. The average Bonchev–Trinajstić information content (AvgIpc) is 2.36. The summed E-state index contributed by atoms with van der Waals surface area (Å²) in [5.74, 6) is 1.74. The zero-order valence-corrected chi connectivity index (χ0v) is 12.8. The Balaban J connectivity index is 2.15. The maximum atomic E-state index is 6.01. The molecule has 18 heavy (non-hydrogen) atoms. The molecule has 0 bridgehead atoms. The van der Waals surface area contributed by atoms with Gasteiger partial charge in [-0.1, -0.05) is 6.92 Å². The van der Waals surface area contributed by atoms with Crippen LogP contribution in [0.25, 0.3) is 0 Å². The SMILES string of the molecule is Cc1cnc(NC2(CN)CCC(C)CC2)c(Br)c1. The maximum absolute atomic E-state index is 6.01. The Morgan fingerprint density at radius 3 is 2.72 bits per heavy atom. The summed E-state index contributed by atoms with van der Waals surface area (Å²) in [4.78, 5) is 4.47. The van der Waals surface area contributed by atoms with E-state index in [1.165, 1.54) is 12.8 Å². The second-order valence-electron chi connectivity index (χ2n) is 5.64. The van der Waals surface area contributed by atoms with Crippen LogP contribution in [0.4, 0.5) is 5.82 Å². The third kappa shape index (κ3) is 3.04. The van der Waals surface area contributed by atoms with Crippen molar-refractivity contribution in [2.24, 2.45) is 11.7 Å². The summed E-state index contributed by atoms with van der Waals surface area (Å²) in [6.07, 6.45) is 6.64. The number of rotatable bonds is 3. The topological polar surface area (TPSA) is 50.9 Å². The summed E-state index contributed by atoms with van der Waals surface area (Å²) in [7, 11) is 0. The van der Waals surface area contributed by atoms with Crippen molar-refractivity contribution in [3.8, 4) is 0 Å². The van der Waals surface area contributed by atoms with Crippen molar-refractivity contribution < 1.29 is 0 Å². The average molecular weight is 312 g/mol. The molecular weight excluding hydrogens is 290 g/mol. The molecule has 3 N–H and O–H groups in total. The van der Waals surface area contributed by atoms with Gasteiger partial charge in [0, 0.05) is 12.7 Å². The number of hydrogen-bond acceptors (Lipinski definition) is 3. The number of aromatic nitrogens is 1. The predicted molar refractivity (Wildman–Crippen MR) is 79.7 cm³/mol. The minimum Gasteiger partial charge on any atom is -0.362 e. The minimum absolute atomic E-state index is 0.0251. The first-order valence-corrected chi connectivity index (χ1v) is 7.44. The third-order valence-electron chi connectivity index (χ3n) is 3.98. The fourth-order valence-electron chi connectivity index (χ4n) is 2.57. The smallest absolute Gasteiger partial charge is 0.140 e. The lowest BCUT2D eigenvalue weighted by molar-refractivity contribution is 0.271. The summed E-state index contributed by atoms with van der Waals surface area (Å²) in [5, 5.41) is 3.58. The van der Waals surface area contributed by atoms with Crippen LogP contribution < -0.4 is 11.1 Å². The highest BCUT2D eigenvalue weighted by atomic mass is 79.9. The lowest BCUT2D eigenvalue weighted by Crippen LogP contribution is -2.48. The molecular formula is C14H22BrN3. The monoisotopic (exact) mass is 311 g/mol. The standard InChI is InChI=1S/C14H22BrN3/c1-10-3-5-14(9-16,6-4-10)18-13-12(15)7-11(2)8-17-13/h7-8,10H,3-6,9,16H2,1-2H3,(H,17,18). The molecule has 0 amide bonds. The Bertz CT molecular complexity index is 412. The molecule has 0 saturated heterocycles. The van der Waals surface area contributed by atoms with Crippen molar-refractivity contribution in [2.45, 2.75) is 45.1 Å². The van der Waals surface area contributed by atoms with Crippen LogP contribution in [0.2, 0.25) is 0 Å². The van der Waals surface area contributed by atoms with E-state index in [1.807, 2.05) is 13.1 Å². The number of nitrogens with one attached hydrogen (secondary N) is 1. The molecule has 1 aromatic heterocycles. The van der Waals surface area contributed by atoms with Gasteiger partial charge < -0.3 is 11.1 Å². The highest BCUT2D eigenvalue weighted by Gasteiger charge is 2.33. The van der Waals surface area contributed by atoms with Crippen molar-refractivity contribution in [3.05, 3.63) is 22.3 Å². The maximum Gasteiger partial charge on any atom is 0.140 e. The van der Waals surface area contributed by atoms with Gasteiger partial charge in [-0.25, -0.2) is 4.98 Å². The molecule has 1 fully saturated rings. The van der Waals surface area contributed by atoms with Crippen molar-refractivity contribution in [3.63, 3.8) is 0 Å². The molecule has 1 aliphatic rings. The van der Waals surface area contributed by atoms with Crippen LogP contribution in [0.1, 0.15) is 38.2 Å². The molecule has 0 aromatic carbocycles. The number of aryl methyl sites for hydroxylation is 1. The van der Waals surface area contributed by atoms with Crippen LogP contribution in [0.5, 0.6) is 0 Å². The van der Waals surface area contributed by atoms with Crippen molar-refractivity contribution in [1.29, 1.82) is 0 Å². The van der Waals surface area contributed by atoms with Gasteiger partial charge in [0.05, 0.1) is 10.0 Å². The molecule has 0 radical (unpaired) electrons. The summed E-state index contributed by atoms with van der Waals surface area (Å²) in [5.41, 5.74) is 7.19. The van der Waals surface area contributed by atoms with Crippen molar-refractivity contribution in [2.75, 3.05) is 11.9 Å². The second kappa shape index (κ2) is 5.57. The van der Waals surface area contributed by atoms with E-state index in [0.29, 0.717) is 6.54 Å². The van der Waals surface area contributed by atoms with Gasteiger partial charge in [0.1, 0.15) is 5.82 Å². The zero-order chi connectivity index (χ0) is 13.2. The molecule has 1 aliphatic carbocycles. The number of halogens is 1. The van der Waals surface area contributed by atoms with E-state index in [4.69, 9.17) is 5.73 Å². The zero-order valence-electron chi connectivity index (χ0n) is 11.2. The van der Waals surface area contributed by atoms with Gasteiger partial charge in [-0.15, -0.1) is 0 Å². The minimum atomic E-state index is 0.0251. The summed E-state index contributed by atoms with van der Waals surface area (Å²) in [6.45, 7) is 5.03. The van der Waals surface area contributed by atoms with E-state index in [-0.39, 0.29) is 5.54 Å². The lowest BCUT2D eigenvalue weighted by Gasteiger charge is -2.40. The normalized spacial score (nSPS) is 28.1. The van der Waals surface area contributed by atoms with E-state index >= 15 is 0 Å². The number of nitrogens with zero attached hydrogens (tertiary/aromatic N) is 1. The van der Waals surface area contributed by atoms with Gasteiger partial charge in [-0.2, -0.15) is 0 Å². The fraction of sp³-hybridized carbons (Fsp3) is 0.643. The number of pyridine rings is 1. The summed E-state index contributed by atoms with van der Waals surface area (Å²) >= 11 is 3.57. The van der Waals surface area contributed by atoms with Gasteiger partial charge in [-0.3, -0.25) is 0 Å². The Hall–Kier alpha value is -0.610. The second-order valence-corrected chi connectivity index (χ2v) is 6.49. The van der Waals surface area contributed by atoms with Gasteiger partial charge >= 0.3 is 0 Å². The molecule has 4 heteroatoms. The van der Waals surface area contributed by atoms with E-state index in [0.717, 1.165) is 34.6 Å². The van der Waals surface area contributed by atoms with Gasteiger partial charge in [0.15, 0.2) is 0 Å². The van der Waals surface area contributed by atoms with E-state index in [2.05, 4.69) is 39.2 Å². The molecule has 2 rings (SSSR count). The number of hydrogen-bond donors (Lipinski definition) is 2. The fourth-order valence-corrected chi connectivity index (χ4v) is 3.13. The molecule has 0 spiro atoms. The van der Waals surface area contributed by atoms with Crippen molar-refractivity contribution in [1.82, 2.24) is 4.98 Å². The van der Waals surface area contributed by atoms with E-state index in [9.17, 15) is 0 Å². The molecule has 1 aromatic rings. The molecule has 100 valence electrons. The van der Waals surface area contributed by atoms with Gasteiger partial charge in [-0.05, 0) is 66.1 Å². The largest absolute Gasteiger partial charge is 0.362 e. The molecule has 0 unspecified atom stereocenters. The van der Waals surface area contributed by atoms with Crippen LogP contribution >= 0.6 is 15.9 Å². The van der Waals surface area contributed by atoms with Gasteiger partial charge in [0.2, 0.25) is 0 Å². The molecule has 0 aliphatic heterocycles. The Labute approximate surface area is 118 Å². The molecule has 1 saturated carbocycles. The first-order chi connectivity index (χ1) is 8.54. The van der Waals surface area contributed by atoms with Crippen LogP contribution in [0.3, 0.4) is 0 Å². The number of nitrogens with two attached hydrogens (primary N) is 1. The first-order valence-electron chi connectivity index (χ1n) is 6.65. The predicted octanol–water partition coefficient (Wildman–Crippen LogP) is 3.47. The Morgan fingerprint density at radius 1 is 1.50 bits per heavy atom. The van der Waals surface area contributed by atoms with Gasteiger partial charge in [0.25, 0.3) is 0 Å². The Morgan fingerprint density at radius 2 is 2.17 bits per heavy atom. The summed E-state index contributed by atoms with van der Waals surface area (Å²) in [6, 6.07) is 2.09. The number of anilines is 1. The highest BCUT2D eigenvalue weighted by Crippen LogP contribution is 2.35. The third-order valence-corrected chi connectivity index (χ3v) is 4.59. The Kier molecular flexibility index (Phi) is 4.28. The molecule has 3 nitrogen and oxygen atoms in total. The van der Waals surface area contributed by atoms with Crippen LogP contribution in [0, 0.1) is 12.8 Å². The first kappa shape index (κ1) is 13.8. The van der Waals surface area contributed by atoms with Crippen LogP contribution in [-0.4, -0.2) is 17.1 Å². The van der Waals surface area contributed by atoms with Crippen LogP contribution in [0.15, 0.2) is 16.7 Å². The van der Waals surface area contributed by atoms with E-state index in [1.54, 1.807) is 0 Å². The van der Waals surface area contributed by atoms with Crippen molar-refractivity contribution >= 4 is 21.7 Å². The quantitative estimate of drug-likeness (QED) is 0.898. The molecule has 0 atom stereocenters. The van der Waals surface area contributed by atoms with Crippen LogP contribution in [-0.2, 0) is 0 Å². The van der Waals surface area contributed by atoms with E-state index < -0.39 is 0 Å².